The van der Waals surface area contributed by atoms with Crippen molar-refractivity contribution in [3.8, 4) is 5.75 Å². The predicted molar refractivity (Wildman–Crippen MR) is 85.6 cm³/mol. The molecular formula is C17H13BrO4. The van der Waals surface area contributed by atoms with Crippen LogP contribution in [0.25, 0.3) is 11.0 Å². The van der Waals surface area contributed by atoms with Crippen molar-refractivity contribution in [2.45, 2.75) is 6.61 Å². The van der Waals surface area contributed by atoms with E-state index in [0.717, 1.165) is 15.4 Å². The number of carbonyl (C=O) groups is 1. The maximum atomic E-state index is 11.7. The van der Waals surface area contributed by atoms with E-state index < -0.39 is 5.97 Å². The minimum absolute atomic E-state index is 0.0945. The monoisotopic (exact) mass is 360 g/mol. The van der Waals surface area contributed by atoms with Crippen LogP contribution in [-0.2, 0) is 16.1 Å². The number of carbonyl (C=O) groups excluding carboxylic acids is 1. The molecule has 0 saturated carbocycles. The van der Waals surface area contributed by atoms with E-state index in [1.807, 2.05) is 42.5 Å². The first kappa shape index (κ1) is 14.7. The van der Waals surface area contributed by atoms with Gasteiger partial charge in [-0.1, -0.05) is 34.1 Å². The highest BCUT2D eigenvalue weighted by Crippen LogP contribution is 2.19. The standard InChI is InChI=1S/C17H13BrO4/c18-13-5-7-14(8-6-13)20-11-17(19)21-10-15-9-12-3-1-2-4-16(12)22-15/h1-9H,10-11H2. The number of para-hydroxylation sites is 1. The van der Waals surface area contributed by atoms with Gasteiger partial charge in [-0.15, -0.1) is 0 Å². The van der Waals surface area contributed by atoms with Gasteiger partial charge in [-0.25, -0.2) is 4.79 Å². The quantitative estimate of drug-likeness (QED) is 0.635. The fourth-order valence-electron chi connectivity index (χ4n) is 1.97. The van der Waals surface area contributed by atoms with Crippen LogP contribution < -0.4 is 4.74 Å². The number of halogens is 1. The number of hydrogen-bond donors (Lipinski definition) is 0. The smallest absolute Gasteiger partial charge is 0.344 e. The Kier molecular flexibility index (Phi) is 4.44. The van der Waals surface area contributed by atoms with Gasteiger partial charge in [0.05, 0.1) is 0 Å². The van der Waals surface area contributed by atoms with Gasteiger partial charge in [0.25, 0.3) is 0 Å². The highest BCUT2D eigenvalue weighted by atomic mass is 79.9. The molecule has 1 heterocycles. The van der Waals surface area contributed by atoms with Crippen LogP contribution in [0.5, 0.6) is 5.75 Å². The number of esters is 1. The maximum absolute atomic E-state index is 11.7. The van der Waals surface area contributed by atoms with E-state index in [2.05, 4.69) is 15.9 Å². The highest BCUT2D eigenvalue weighted by Gasteiger charge is 2.08. The molecule has 3 aromatic rings. The van der Waals surface area contributed by atoms with E-state index in [1.54, 1.807) is 12.1 Å². The van der Waals surface area contributed by atoms with Gasteiger partial charge in [0.2, 0.25) is 0 Å². The van der Waals surface area contributed by atoms with Gasteiger partial charge >= 0.3 is 5.97 Å². The fourth-order valence-corrected chi connectivity index (χ4v) is 2.24. The molecule has 4 nitrogen and oxygen atoms in total. The van der Waals surface area contributed by atoms with Gasteiger partial charge in [0.15, 0.2) is 6.61 Å². The summed E-state index contributed by atoms with van der Waals surface area (Å²) in [5, 5.41) is 0.986. The Balaban J connectivity index is 1.50. The lowest BCUT2D eigenvalue weighted by molar-refractivity contribution is -0.147. The third kappa shape index (κ3) is 3.68. The van der Waals surface area contributed by atoms with Crippen LogP contribution in [0.3, 0.4) is 0 Å². The zero-order valence-electron chi connectivity index (χ0n) is 11.6. The summed E-state index contributed by atoms with van der Waals surface area (Å²) < 4.78 is 17.0. The number of benzene rings is 2. The number of furan rings is 1. The van der Waals surface area contributed by atoms with Gasteiger partial charge in [0, 0.05) is 9.86 Å². The average molecular weight is 361 g/mol. The molecule has 0 saturated heterocycles. The molecule has 0 radical (unpaired) electrons. The lowest BCUT2D eigenvalue weighted by atomic mass is 10.2. The largest absolute Gasteiger partial charge is 0.482 e. The number of hydrogen-bond acceptors (Lipinski definition) is 4. The van der Waals surface area contributed by atoms with Crippen LogP contribution in [0.1, 0.15) is 5.76 Å². The summed E-state index contributed by atoms with van der Waals surface area (Å²) >= 11 is 3.33. The molecule has 112 valence electrons. The summed E-state index contributed by atoms with van der Waals surface area (Å²) in [4.78, 5) is 11.7. The van der Waals surface area contributed by atoms with Crippen LogP contribution in [-0.4, -0.2) is 12.6 Å². The van der Waals surface area contributed by atoms with Gasteiger partial charge in [-0.05, 0) is 36.4 Å². The Bertz CT molecular complexity index is 744. The van der Waals surface area contributed by atoms with Crippen LogP contribution >= 0.6 is 15.9 Å². The van der Waals surface area contributed by atoms with Crippen molar-refractivity contribution in [1.29, 1.82) is 0 Å². The molecule has 1 aromatic heterocycles. The van der Waals surface area contributed by atoms with Crippen molar-refractivity contribution in [2.24, 2.45) is 0 Å². The molecule has 0 unspecified atom stereocenters. The molecule has 0 atom stereocenters. The highest BCUT2D eigenvalue weighted by molar-refractivity contribution is 9.10. The second-order valence-electron chi connectivity index (χ2n) is 4.65. The van der Waals surface area contributed by atoms with E-state index in [1.165, 1.54) is 0 Å². The Labute approximate surface area is 135 Å². The number of ether oxygens (including phenoxy) is 2. The van der Waals surface area contributed by atoms with Crippen LogP contribution in [0.15, 0.2) is 63.5 Å². The normalized spacial score (nSPS) is 10.6. The van der Waals surface area contributed by atoms with Crippen molar-refractivity contribution < 1.29 is 18.7 Å². The molecule has 0 aliphatic carbocycles. The molecule has 0 N–H and O–H groups in total. The lowest BCUT2D eigenvalue weighted by Gasteiger charge is -2.06. The van der Waals surface area contributed by atoms with E-state index in [9.17, 15) is 4.79 Å². The van der Waals surface area contributed by atoms with E-state index in [0.29, 0.717) is 11.5 Å². The minimum Gasteiger partial charge on any atom is -0.482 e. The second-order valence-corrected chi connectivity index (χ2v) is 5.57. The SMILES string of the molecule is O=C(COc1ccc(Br)cc1)OCc1cc2ccccc2o1. The average Bonchev–Trinajstić information content (AvgIpc) is 2.95. The third-order valence-electron chi connectivity index (χ3n) is 3.02. The molecule has 5 heteroatoms. The van der Waals surface area contributed by atoms with Gasteiger partial charge in [0.1, 0.15) is 23.7 Å². The molecule has 0 fully saturated rings. The lowest BCUT2D eigenvalue weighted by Crippen LogP contribution is -2.14. The topological polar surface area (TPSA) is 48.7 Å². The third-order valence-corrected chi connectivity index (χ3v) is 3.55. The molecular weight excluding hydrogens is 348 g/mol. The molecule has 2 aromatic carbocycles. The first-order valence-corrected chi connectivity index (χ1v) is 7.51. The Morgan fingerprint density at radius 1 is 1.09 bits per heavy atom. The van der Waals surface area contributed by atoms with Crippen molar-refractivity contribution in [1.82, 2.24) is 0 Å². The van der Waals surface area contributed by atoms with Crippen molar-refractivity contribution in [3.05, 3.63) is 64.8 Å². The molecule has 0 spiro atoms. The van der Waals surface area contributed by atoms with Crippen LogP contribution in [0.4, 0.5) is 0 Å². The summed E-state index contributed by atoms with van der Waals surface area (Å²) in [6.45, 7) is -0.0426. The van der Waals surface area contributed by atoms with Crippen LogP contribution in [0, 0.1) is 0 Å². The first-order chi connectivity index (χ1) is 10.7. The number of fused-ring (bicyclic) bond motifs is 1. The number of rotatable bonds is 5. The summed E-state index contributed by atoms with van der Waals surface area (Å²) in [7, 11) is 0. The zero-order valence-corrected chi connectivity index (χ0v) is 13.2. The van der Waals surface area contributed by atoms with E-state index >= 15 is 0 Å². The molecule has 0 amide bonds. The first-order valence-electron chi connectivity index (χ1n) is 6.72. The Morgan fingerprint density at radius 3 is 2.64 bits per heavy atom. The summed E-state index contributed by atoms with van der Waals surface area (Å²) in [5.74, 6) is 0.783. The maximum Gasteiger partial charge on any atom is 0.344 e. The summed E-state index contributed by atoms with van der Waals surface area (Å²) in [5.41, 5.74) is 0.777. The second kappa shape index (κ2) is 6.66. The van der Waals surface area contributed by atoms with Crippen molar-refractivity contribution in [3.63, 3.8) is 0 Å². The predicted octanol–water partition coefficient (Wildman–Crippen LogP) is 4.32. The molecule has 0 aliphatic rings. The van der Waals surface area contributed by atoms with Gasteiger partial charge < -0.3 is 13.9 Å². The fraction of sp³-hybridized carbons (Fsp3) is 0.118. The summed E-state index contributed by atoms with van der Waals surface area (Å²) in [6.07, 6.45) is 0. The van der Waals surface area contributed by atoms with Crippen molar-refractivity contribution in [2.75, 3.05) is 6.61 Å². The zero-order chi connectivity index (χ0) is 15.4. The van der Waals surface area contributed by atoms with Gasteiger partial charge in [-0.3, -0.25) is 0 Å². The van der Waals surface area contributed by atoms with Gasteiger partial charge in [-0.2, -0.15) is 0 Å². The van der Waals surface area contributed by atoms with Crippen LogP contribution in [0.2, 0.25) is 0 Å². The van der Waals surface area contributed by atoms with E-state index in [-0.39, 0.29) is 13.2 Å². The van der Waals surface area contributed by atoms with Crippen molar-refractivity contribution >= 4 is 32.9 Å². The van der Waals surface area contributed by atoms with E-state index in [4.69, 9.17) is 13.9 Å². The Hall–Kier alpha value is -2.27. The summed E-state index contributed by atoms with van der Waals surface area (Å²) in [6, 6.07) is 16.7. The molecule has 22 heavy (non-hydrogen) atoms. The molecule has 0 bridgehead atoms. The Morgan fingerprint density at radius 2 is 1.86 bits per heavy atom. The minimum atomic E-state index is -0.441. The molecule has 0 aliphatic heterocycles. The molecule has 3 rings (SSSR count).